The van der Waals surface area contributed by atoms with E-state index in [0.717, 1.165) is 54.6 Å². The molecule has 1 aromatic heterocycles. The van der Waals surface area contributed by atoms with Crippen molar-refractivity contribution in [2.75, 3.05) is 18.0 Å². The van der Waals surface area contributed by atoms with Crippen molar-refractivity contribution in [3.63, 3.8) is 0 Å². The molecule has 2 aromatic carbocycles. The number of aromatic nitrogens is 2. The highest BCUT2D eigenvalue weighted by Gasteiger charge is 2.24. The molecule has 5 heteroatoms. The molecule has 2 heterocycles. The maximum absolute atomic E-state index is 9.12. The molecule has 29 heavy (non-hydrogen) atoms. The molecule has 2 fully saturated rings. The second-order valence-electron chi connectivity index (χ2n) is 8.20. The van der Waals surface area contributed by atoms with Crippen molar-refractivity contribution in [3.8, 4) is 23.0 Å². The molecule has 0 spiro atoms. The summed E-state index contributed by atoms with van der Waals surface area (Å²) in [7, 11) is 0. The van der Waals surface area contributed by atoms with Crippen LogP contribution in [0, 0.1) is 11.3 Å². The second kappa shape index (κ2) is 7.38. The van der Waals surface area contributed by atoms with E-state index in [2.05, 4.69) is 41.3 Å². The lowest BCUT2D eigenvalue weighted by atomic mass is 10.1. The Morgan fingerprint density at radius 1 is 1.00 bits per heavy atom. The minimum Gasteiger partial charge on any atom is -0.354 e. The van der Waals surface area contributed by atoms with E-state index in [9.17, 15) is 0 Å². The summed E-state index contributed by atoms with van der Waals surface area (Å²) in [6.07, 6.45) is 4.77. The molecule has 1 saturated heterocycles. The third-order valence-electron chi connectivity index (χ3n) is 5.97. The Balaban J connectivity index is 1.55. The van der Waals surface area contributed by atoms with Crippen LogP contribution in [0.2, 0.25) is 0 Å². The highest BCUT2D eigenvalue weighted by molar-refractivity contribution is 5.67. The number of hydrogen-bond donors (Lipinski definition) is 1. The van der Waals surface area contributed by atoms with Gasteiger partial charge in [0, 0.05) is 30.8 Å². The molecule has 5 nitrogen and oxygen atoms in total. The van der Waals surface area contributed by atoms with Crippen LogP contribution in [0.3, 0.4) is 0 Å². The first-order valence-electron chi connectivity index (χ1n) is 10.4. The average molecular weight is 383 g/mol. The molecule has 3 aromatic rings. The molecular formula is C24H25N5. The van der Waals surface area contributed by atoms with Crippen LogP contribution in [-0.4, -0.2) is 28.9 Å². The van der Waals surface area contributed by atoms with E-state index in [0.29, 0.717) is 5.56 Å². The third-order valence-corrected chi connectivity index (χ3v) is 5.97. The average Bonchev–Trinajstić information content (AvgIpc) is 3.52. The van der Waals surface area contributed by atoms with Crippen LogP contribution < -0.4 is 10.6 Å². The standard InChI is InChI=1S/C24H25N5/c25-15-17-3-5-20(6-4-17)23-14-24(28-13-1-2-21(26)16-28)27-29(23)22-11-9-19(10-12-22)18-7-8-18/h3-6,9-12,14,18,21H,1-2,7-8,13,16,26H2/t21-/m1/s1. The number of hydrogen-bond acceptors (Lipinski definition) is 4. The second-order valence-corrected chi connectivity index (χ2v) is 8.20. The summed E-state index contributed by atoms with van der Waals surface area (Å²) in [4.78, 5) is 2.29. The van der Waals surface area contributed by atoms with Gasteiger partial charge in [-0.15, -0.1) is 5.10 Å². The zero-order valence-electron chi connectivity index (χ0n) is 16.5. The van der Waals surface area contributed by atoms with Gasteiger partial charge in [-0.3, -0.25) is 0 Å². The molecule has 5 rings (SSSR count). The van der Waals surface area contributed by atoms with Crippen LogP contribution in [0.15, 0.2) is 54.6 Å². The Kier molecular flexibility index (Phi) is 4.57. The van der Waals surface area contributed by atoms with Gasteiger partial charge in [-0.1, -0.05) is 24.3 Å². The molecule has 0 amide bonds. The largest absolute Gasteiger partial charge is 0.354 e. The van der Waals surface area contributed by atoms with Crippen molar-refractivity contribution in [2.24, 2.45) is 5.73 Å². The van der Waals surface area contributed by atoms with Gasteiger partial charge in [0.1, 0.15) is 0 Å². The van der Waals surface area contributed by atoms with Gasteiger partial charge in [0.25, 0.3) is 0 Å². The lowest BCUT2D eigenvalue weighted by Crippen LogP contribution is -2.43. The number of nitrogens with two attached hydrogens (primary N) is 1. The van der Waals surface area contributed by atoms with Crippen LogP contribution in [0.5, 0.6) is 0 Å². The van der Waals surface area contributed by atoms with Crippen molar-refractivity contribution < 1.29 is 0 Å². The number of nitrogens with zero attached hydrogens (tertiary/aromatic N) is 4. The predicted molar refractivity (Wildman–Crippen MR) is 115 cm³/mol. The maximum atomic E-state index is 9.12. The molecule has 0 unspecified atom stereocenters. The van der Waals surface area contributed by atoms with Crippen molar-refractivity contribution in [2.45, 2.75) is 37.6 Å². The maximum Gasteiger partial charge on any atom is 0.151 e. The zero-order chi connectivity index (χ0) is 19.8. The fourth-order valence-corrected chi connectivity index (χ4v) is 4.16. The Bertz CT molecular complexity index is 1040. The Hall–Kier alpha value is -3.10. The summed E-state index contributed by atoms with van der Waals surface area (Å²) >= 11 is 0. The Labute approximate surface area is 171 Å². The molecule has 1 saturated carbocycles. The minimum absolute atomic E-state index is 0.199. The summed E-state index contributed by atoms with van der Waals surface area (Å²) in [5.74, 6) is 1.70. The van der Waals surface area contributed by atoms with Gasteiger partial charge < -0.3 is 10.6 Å². The molecular weight excluding hydrogens is 358 g/mol. The summed E-state index contributed by atoms with van der Waals surface area (Å²) in [6.45, 7) is 1.82. The first-order valence-corrected chi connectivity index (χ1v) is 10.4. The normalized spacial score (nSPS) is 19.2. The quantitative estimate of drug-likeness (QED) is 0.732. The van der Waals surface area contributed by atoms with Crippen molar-refractivity contribution >= 4 is 5.82 Å². The smallest absolute Gasteiger partial charge is 0.151 e. The van der Waals surface area contributed by atoms with Gasteiger partial charge in [-0.25, -0.2) is 4.68 Å². The molecule has 2 aliphatic rings. The van der Waals surface area contributed by atoms with Crippen LogP contribution in [-0.2, 0) is 0 Å². The SMILES string of the molecule is N#Cc1ccc(-c2cc(N3CCC[C@@H](N)C3)nn2-c2ccc(C3CC3)cc2)cc1. The van der Waals surface area contributed by atoms with Crippen molar-refractivity contribution in [3.05, 3.63) is 65.7 Å². The number of benzene rings is 2. The zero-order valence-corrected chi connectivity index (χ0v) is 16.5. The number of piperidine rings is 1. The first-order chi connectivity index (χ1) is 14.2. The first kappa shape index (κ1) is 18.0. The number of anilines is 1. The van der Waals surface area contributed by atoms with Gasteiger partial charge in [0.05, 0.1) is 23.0 Å². The minimum atomic E-state index is 0.199. The molecule has 1 aliphatic heterocycles. The van der Waals surface area contributed by atoms with E-state index < -0.39 is 0 Å². The fraction of sp³-hybridized carbons (Fsp3) is 0.333. The van der Waals surface area contributed by atoms with Crippen molar-refractivity contribution in [1.82, 2.24) is 9.78 Å². The summed E-state index contributed by atoms with van der Waals surface area (Å²) in [5.41, 5.74) is 11.4. The van der Waals surface area contributed by atoms with Gasteiger partial charge in [0.2, 0.25) is 0 Å². The Morgan fingerprint density at radius 2 is 1.76 bits per heavy atom. The van der Waals surface area contributed by atoms with E-state index >= 15 is 0 Å². The highest BCUT2D eigenvalue weighted by atomic mass is 15.4. The topological polar surface area (TPSA) is 70.9 Å². The summed E-state index contributed by atoms with van der Waals surface area (Å²) < 4.78 is 2.02. The van der Waals surface area contributed by atoms with Crippen LogP contribution in [0.25, 0.3) is 16.9 Å². The van der Waals surface area contributed by atoms with E-state index in [1.54, 1.807) is 0 Å². The molecule has 146 valence electrons. The van der Waals surface area contributed by atoms with E-state index in [1.807, 2.05) is 28.9 Å². The van der Waals surface area contributed by atoms with Crippen molar-refractivity contribution in [1.29, 1.82) is 5.26 Å². The van der Waals surface area contributed by atoms with E-state index in [-0.39, 0.29) is 6.04 Å². The third kappa shape index (κ3) is 3.64. The van der Waals surface area contributed by atoms with E-state index in [1.165, 1.54) is 18.4 Å². The fourth-order valence-electron chi connectivity index (χ4n) is 4.16. The van der Waals surface area contributed by atoms with Gasteiger partial charge >= 0.3 is 0 Å². The summed E-state index contributed by atoms with van der Waals surface area (Å²) in [6, 6.07) is 21.0. The molecule has 1 aliphatic carbocycles. The monoisotopic (exact) mass is 383 g/mol. The Morgan fingerprint density at radius 3 is 2.41 bits per heavy atom. The van der Waals surface area contributed by atoms with E-state index in [4.69, 9.17) is 16.1 Å². The van der Waals surface area contributed by atoms with Gasteiger partial charge in [-0.05, 0) is 61.4 Å². The lowest BCUT2D eigenvalue weighted by Gasteiger charge is -2.30. The lowest BCUT2D eigenvalue weighted by molar-refractivity contribution is 0.502. The summed E-state index contributed by atoms with van der Waals surface area (Å²) in [5, 5.41) is 14.1. The molecule has 0 bridgehead atoms. The molecule has 2 N–H and O–H groups in total. The van der Waals surface area contributed by atoms with Crippen LogP contribution in [0.1, 0.15) is 42.7 Å². The van der Waals surface area contributed by atoms with Crippen LogP contribution >= 0.6 is 0 Å². The number of nitriles is 1. The predicted octanol–water partition coefficient (Wildman–Crippen LogP) is 4.22. The molecule has 0 radical (unpaired) electrons. The van der Waals surface area contributed by atoms with Gasteiger partial charge in [-0.2, -0.15) is 5.26 Å². The number of rotatable bonds is 4. The highest BCUT2D eigenvalue weighted by Crippen LogP contribution is 2.40. The van der Waals surface area contributed by atoms with Gasteiger partial charge in [0.15, 0.2) is 5.82 Å². The molecule has 1 atom stereocenters. The van der Waals surface area contributed by atoms with Crippen LogP contribution in [0.4, 0.5) is 5.82 Å².